The van der Waals surface area contributed by atoms with Crippen LogP contribution >= 0.6 is 43.5 Å². The Bertz CT molecular complexity index is 604. The molecule has 0 heterocycles. The van der Waals surface area contributed by atoms with E-state index in [1.54, 1.807) is 7.11 Å². The lowest BCUT2D eigenvalue weighted by atomic mass is 9.99. The Labute approximate surface area is 134 Å². The van der Waals surface area contributed by atoms with Crippen molar-refractivity contribution in [2.45, 2.75) is 6.04 Å². The van der Waals surface area contributed by atoms with E-state index in [9.17, 15) is 0 Å². The number of hydrogen-bond acceptors (Lipinski definition) is 2. The number of methoxy groups -OCH3 is 1. The second kappa shape index (κ2) is 6.27. The molecular formula is C14H12Br2ClNO. The summed E-state index contributed by atoms with van der Waals surface area (Å²) in [6.45, 7) is 0. The number of halogens is 3. The molecule has 2 nitrogen and oxygen atoms in total. The molecule has 0 bridgehead atoms. The maximum Gasteiger partial charge on any atom is 0.124 e. The average Bonchev–Trinajstić information content (AvgIpc) is 2.38. The molecule has 0 fully saturated rings. The minimum atomic E-state index is -0.293. The van der Waals surface area contributed by atoms with Gasteiger partial charge in [0.1, 0.15) is 5.75 Å². The van der Waals surface area contributed by atoms with Crippen LogP contribution in [0.15, 0.2) is 45.3 Å². The van der Waals surface area contributed by atoms with Gasteiger partial charge in [0, 0.05) is 19.5 Å². The Morgan fingerprint density at radius 3 is 2.47 bits per heavy atom. The molecule has 2 rings (SSSR count). The first kappa shape index (κ1) is 14.9. The zero-order valence-corrected chi connectivity index (χ0v) is 14.1. The van der Waals surface area contributed by atoms with E-state index in [0.29, 0.717) is 5.02 Å². The maximum absolute atomic E-state index is 6.34. The van der Waals surface area contributed by atoms with Gasteiger partial charge in [-0.3, -0.25) is 0 Å². The van der Waals surface area contributed by atoms with Gasteiger partial charge >= 0.3 is 0 Å². The van der Waals surface area contributed by atoms with Gasteiger partial charge in [-0.1, -0.05) is 49.5 Å². The summed E-state index contributed by atoms with van der Waals surface area (Å²) in [6, 6.07) is 11.1. The van der Waals surface area contributed by atoms with Gasteiger partial charge in [-0.05, 0) is 35.9 Å². The smallest absolute Gasteiger partial charge is 0.124 e. The SMILES string of the molecule is COc1ccc(Br)cc1C(N)c1ccc(Cl)cc1Br. The van der Waals surface area contributed by atoms with E-state index in [4.69, 9.17) is 22.1 Å². The first-order valence-corrected chi connectivity index (χ1v) is 7.53. The van der Waals surface area contributed by atoms with Gasteiger partial charge < -0.3 is 10.5 Å². The standard InChI is InChI=1S/C14H12Br2ClNO/c1-19-13-5-2-8(15)6-11(13)14(18)10-4-3-9(17)7-12(10)16/h2-7,14H,18H2,1H3. The Kier molecular flexibility index (Phi) is 4.90. The van der Waals surface area contributed by atoms with E-state index in [0.717, 1.165) is 25.8 Å². The molecule has 1 atom stereocenters. The molecule has 19 heavy (non-hydrogen) atoms. The summed E-state index contributed by atoms with van der Waals surface area (Å²) in [4.78, 5) is 0. The fourth-order valence-electron chi connectivity index (χ4n) is 1.87. The number of ether oxygens (including phenoxy) is 1. The van der Waals surface area contributed by atoms with Crippen molar-refractivity contribution < 1.29 is 4.74 Å². The number of benzene rings is 2. The highest BCUT2D eigenvalue weighted by atomic mass is 79.9. The van der Waals surface area contributed by atoms with Crippen LogP contribution in [0.25, 0.3) is 0 Å². The van der Waals surface area contributed by atoms with Crippen LogP contribution in [0.2, 0.25) is 5.02 Å². The lowest BCUT2D eigenvalue weighted by molar-refractivity contribution is 0.407. The highest BCUT2D eigenvalue weighted by Crippen LogP contribution is 2.34. The first-order valence-electron chi connectivity index (χ1n) is 5.57. The molecule has 0 aliphatic carbocycles. The normalized spacial score (nSPS) is 12.3. The second-order valence-corrected chi connectivity index (χ2v) is 6.24. The molecule has 100 valence electrons. The molecule has 2 aromatic carbocycles. The third kappa shape index (κ3) is 3.31. The van der Waals surface area contributed by atoms with Crippen LogP contribution in [0.3, 0.4) is 0 Å². The van der Waals surface area contributed by atoms with E-state index < -0.39 is 0 Å². The van der Waals surface area contributed by atoms with Gasteiger partial charge in [0.2, 0.25) is 0 Å². The van der Waals surface area contributed by atoms with E-state index in [2.05, 4.69) is 31.9 Å². The topological polar surface area (TPSA) is 35.2 Å². The molecule has 5 heteroatoms. The maximum atomic E-state index is 6.34. The van der Waals surface area contributed by atoms with Crippen molar-refractivity contribution in [1.82, 2.24) is 0 Å². The first-order chi connectivity index (χ1) is 9.02. The fourth-order valence-corrected chi connectivity index (χ4v) is 3.18. The van der Waals surface area contributed by atoms with Crippen LogP contribution in [0.4, 0.5) is 0 Å². The number of hydrogen-bond donors (Lipinski definition) is 1. The van der Waals surface area contributed by atoms with Crippen LogP contribution < -0.4 is 10.5 Å². The Morgan fingerprint density at radius 1 is 1.11 bits per heavy atom. The van der Waals surface area contributed by atoms with Crippen molar-refractivity contribution in [3.8, 4) is 5.75 Å². The minimum absolute atomic E-state index is 0.293. The predicted octanol–water partition coefficient (Wildman–Crippen LogP) is 4.92. The summed E-state index contributed by atoms with van der Waals surface area (Å²) in [7, 11) is 1.64. The van der Waals surface area contributed by atoms with Crippen LogP contribution in [0, 0.1) is 0 Å². The van der Waals surface area contributed by atoms with Gasteiger partial charge in [-0.15, -0.1) is 0 Å². The van der Waals surface area contributed by atoms with Gasteiger partial charge in [-0.25, -0.2) is 0 Å². The minimum Gasteiger partial charge on any atom is -0.496 e. The van der Waals surface area contributed by atoms with Crippen LogP contribution in [0.1, 0.15) is 17.2 Å². The summed E-state index contributed by atoms with van der Waals surface area (Å²) in [5, 5.41) is 0.670. The summed E-state index contributed by atoms with van der Waals surface area (Å²) in [5.41, 5.74) is 8.21. The highest BCUT2D eigenvalue weighted by molar-refractivity contribution is 9.10. The summed E-state index contributed by atoms with van der Waals surface area (Å²) in [5.74, 6) is 0.762. The molecular weight excluding hydrogens is 393 g/mol. The van der Waals surface area contributed by atoms with E-state index in [1.165, 1.54) is 0 Å². The second-order valence-electron chi connectivity index (χ2n) is 4.03. The van der Waals surface area contributed by atoms with Gasteiger partial charge in [0.05, 0.1) is 13.2 Å². The molecule has 0 radical (unpaired) electrons. The van der Waals surface area contributed by atoms with Crippen molar-refractivity contribution in [2.24, 2.45) is 5.73 Å². The summed E-state index contributed by atoms with van der Waals surface area (Å²) < 4.78 is 7.21. The molecule has 2 aromatic rings. The third-order valence-corrected chi connectivity index (χ3v) is 4.24. The Balaban J connectivity index is 2.49. The largest absolute Gasteiger partial charge is 0.496 e. The third-order valence-electron chi connectivity index (χ3n) is 2.82. The predicted molar refractivity (Wildman–Crippen MR) is 85.9 cm³/mol. The molecule has 1 unspecified atom stereocenters. The average molecular weight is 406 g/mol. The molecule has 0 saturated carbocycles. The summed E-state index contributed by atoms with van der Waals surface area (Å²) >= 11 is 12.9. The number of nitrogens with two attached hydrogens (primary N) is 1. The van der Waals surface area contributed by atoms with Crippen molar-refractivity contribution >= 4 is 43.5 Å². The Morgan fingerprint density at radius 2 is 1.84 bits per heavy atom. The van der Waals surface area contributed by atoms with Crippen LogP contribution in [-0.4, -0.2) is 7.11 Å². The fraction of sp³-hybridized carbons (Fsp3) is 0.143. The van der Waals surface area contributed by atoms with Gasteiger partial charge in [-0.2, -0.15) is 0 Å². The zero-order valence-electron chi connectivity index (χ0n) is 10.2. The van der Waals surface area contributed by atoms with E-state index in [-0.39, 0.29) is 6.04 Å². The molecule has 0 aliphatic heterocycles. The van der Waals surface area contributed by atoms with Crippen molar-refractivity contribution in [3.63, 3.8) is 0 Å². The molecule has 2 N–H and O–H groups in total. The summed E-state index contributed by atoms with van der Waals surface area (Å²) in [6.07, 6.45) is 0. The molecule has 0 aromatic heterocycles. The van der Waals surface area contributed by atoms with Crippen molar-refractivity contribution in [1.29, 1.82) is 0 Å². The molecule has 0 spiro atoms. The van der Waals surface area contributed by atoms with Gasteiger partial charge in [0.15, 0.2) is 0 Å². The van der Waals surface area contributed by atoms with Crippen molar-refractivity contribution in [2.75, 3.05) is 7.11 Å². The van der Waals surface area contributed by atoms with Crippen molar-refractivity contribution in [3.05, 3.63) is 61.5 Å². The van der Waals surface area contributed by atoms with Crippen LogP contribution in [-0.2, 0) is 0 Å². The molecule has 0 amide bonds. The highest BCUT2D eigenvalue weighted by Gasteiger charge is 2.17. The lowest BCUT2D eigenvalue weighted by Gasteiger charge is -2.18. The van der Waals surface area contributed by atoms with Crippen LogP contribution in [0.5, 0.6) is 5.75 Å². The zero-order chi connectivity index (χ0) is 14.0. The Hall–Kier alpha value is -0.550. The van der Waals surface area contributed by atoms with E-state index in [1.807, 2.05) is 36.4 Å². The number of rotatable bonds is 3. The lowest BCUT2D eigenvalue weighted by Crippen LogP contribution is -2.13. The quantitative estimate of drug-likeness (QED) is 0.787. The molecule has 0 aliphatic rings. The van der Waals surface area contributed by atoms with E-state index >= 15 is 0 Å². The molecule has 0 saturated heterocycles. The monoisotopic (exact) mass is 403 g/mol. The van der Waals surface area contributed by atoms with Gasteiger partial charge in [0.25, 0.3) is 0 Å².